The first-order valence-corrected chi connectivity index (χ1v) is 6.67. The number of rotatable bonds is 6. The van der Waals surface area contributed by atoms with Crippen LogP contribution in [0.5, 0.6) is 11.5 Å². The lowest BCUT2D eigenvalue weighted by Crippen LogP contribution is -2.04. The van der Waals surface area contributed by atoms with Crippen molar-refractivity contribution in [1.29, 1.82) is 0 Å². The number of nitrogens with zero attached hydrogens (tertiary/aromatic N) is 1. The minimum Gasteiger partial charge on any atom is -0.497 e. The van der Waals surface area contributed by atoms with Crippen molar-refractivity contribution < 1.29 is 23.9 Å². The molecule has 0 atom stereocenters. The second kappa shape index (κ2) is 7.26. The normalized spacial score (nSPS) is 10.0. The summed E-state index contributed by atoms with van der Waals surface area (Å²) in [6.45, 7) is 0.135. The number of ether oxygens (including phenoxy) is 3. The van der Waals surface area contributed by atoms with Crippen LogP contribution in [0.4, 0.5) is 5.69 Å². The third kappa shape index (κ3) is 3.97. The highest BCUT2D eigenvalue weighted by molar-refractivity contribution is 5.90. The van der Waals surface area contributed by atoms with Crippen molar-refractivity contribution in [2.75, 3.05) is 14.2 Å². The van der Waals surface area contributed by atoms with Crippen LogP contribution in [-0.2, 0) is 11.3 Å². The van der Waals surface area contributed by atoms with Crippen LogP contribution < -0.4 is 9.47 Å². The molecule has 0 aliphatic rings. The van der Waals surface area contributed by atoms with Gasteiger partial charge in [0.15, 0.2) is 5.75 Å². The Morgan fingerprint density at radius 1 is 1.17 bits per heavy atom. The van der Waals surface area contributed by atoms with Gasteiger partial charge in [-0.25, -0.2) is 4.79 Å². The Morgan fingerprint density at radius 3 is 2.61 bits per heavy atom. The number of carbonyl (C=O) groups excluding carboxylic acids is 1. The summed E-state index contributed by atoms with van der Waals surface area (Å²) in [4.78, 5) is 22.0. The fraction of sp³-hybridized carbons (Fsp3) is 0.188. The Bertz CT molecular complexity index is 728. The molecule has 0 N–H and O–H groups in total. The summed E-state index contributed by atoms with van der Waals surface area (Å²) >= 11 is 0. The van der Waals surface area contributed by atoms with Gasteiger partial charge >= 0.3 is 11.7 Å². The second-order valence-electron chi connectivity index (χ2n) is 4.57. The number of esters is 1. The number of benzene rings is 2. The van der Waals surface area contributed by atoms with E-state index in [0.29, 0.717) is 5.75 Å². The van der Waals surface area contributed by atoms with Crippen LogP contribution >= 0.6 is 0 Å². The van der Waals surface area contributed by atoms with Crippen LogP contribution in [0.3, 0.4) is 0 Å². The monoisotopic (exact) mass is 317 g/mol. The molecule has 0 amide bonds. The predicted octanol–water partition coefficient (Wildman–Crippen LogP) is 2.97. The van der Waals surface area contributed by atoms with Crippen LogP contribution in [0.15, 0.2) is 42.5 Å². The van der Waals surface area contributed by atoms with Gasteiger partial charge in [0, 0.05) is 6.07 Å². The maximum atomic E-state index is 11.4. The molecule has 7 heteroatoms. The Labute approximate surface area is 132 Å². The Hall–Kier alpha value is -3.09. The summed E-state index contributed by atoms with van der Waals surface area (Å²) in [6, 6.07) is 11.1. The Balaban J connectivity index is 2.21. The fourth-order valence-electron chi connectivity index (χ4n) is 1.95. The number of methoxy groups -OCH3 is 2. The van der Waals surface area contributed by atoms with Crippen molar-refractivity contribution in [2.24, 2.45) is 0 Å². The topological polar surface area (TPSA) is 87.9 Å². The molecule has 23 heavy (non-hydrogen) atoms. The molecule has 0 radical (unpaired) electrons. The molecule has 7 nitrogen and oxygen atoms in total. The van der Waals surface area contributed by atoms with Crippen molar-refractivity contribution >= 4 is 11.7 Å². The first-order chi connectivity index (χ1) is 11.0. The minimum atomic E-state index is -0.646. The van der Waals surface area contributed by atoms with E-state index in [9.17, 15) is 14.9 Å². The molecule has 0 aliphatic heterocycles. The van der Waals surface area contributed by atoms with E-state index in [4.69, 9.17) is 9.47 Å². The highest BCUT2D eigenvalue weighted by atomic mass is 16.6. The van der Waals surface area contributed by atoms with E-state index in [2.05, 4.69) is 4.74 Å². The fourth-order valence-corrected chi connectivity index (χ4v) is 1.95. The van der Waals surface area contributed by atoms with Crippen LogP contribution in [-0.4, -0.2) is 25.1 Å². The van der Waals surface area contributed by atoms with Crippen molar-refractivity contribution in [1.82, 2.24) is 0 Å². The number of hydrogen-bond acceptors (Lipinski definition) is 6. The summed E-state index contributed by atoms with van der Waals surface area (Å²) in [5.41, 5.74) is 0.597. The third-order valence-electron chi connectivity index (χ3n) is 3.11. The van der Waals surface area contributed by atoms with Gasteiger partial charge < -0.3 is 14.2 Å². The molecule has 2 aromatic rings. The average molecular weight is 317 g/mol. The van der Waals surface area contributed by atoms with Gasteiger partial charge in [0.25, 0.3) is 0 Å². The number of hydrogen-bond donors (Lipinski definition) is 0. The molecule has 0 unspecified atom stereocenters. The van der Waals surface area contributed by atoms with Crippen molar-refractivity contribution in [3.63, 3.8) is 0 Å². The summed E-state index contributed by atoms with van der Waals surface area (Å²) < 4.78 is 15.2. The molecule has 2 aromatic carbocycles. The molecular weight excluding hydrogens is 302 g/mol. The smallest absolute Gasteiger partial charge is 0.338 e. The first kappa shape index (κ1) is 16.3. The van der Waals surface area contributed by atoms with E-state index in [-0.39, 0.29) is 23.6 Å². The minimum absolute atomic E-state index is 0.0745. The quantitative estimate of drug-likeness (QED) is 0.462. The molecule has 0 bridgehead atoms. The zero-order chi connectivity index (χ0) is 16.8. The zero-order valence-electron chi connectivity index (χ0n) is 12.6. The predicted molar refractivity (Wildman–Crippen MR) is 81.8 cm³/mol. The number of nitro groups is 1. The maximum Gasteiger partial charge on any atom is 0.338 e. The molecule has 0 saturated carbocycles. The van der Waals surface area contributed by atoms with E-state index in [1.54, 1.807) is 25.3 Å². The van der Waals surface area contributed by atoms with Gasteiger partial charge in [-0.3, -0.25) is 10.1 Å². The van der Waals surface area contributed by atoms with E-state index in [1.165, 1.54) is 19.2 Å². The van der Waals surface area contributed by atoms with Crippen molar-refractivity contribution in [3.05, 3.63) is 63.7 Å². The van der Waals surface area contributed by atoms with Gasteiger partial charge in [-0.05, 0) is 29.8 Å². The largest absolute Gasteiger partial charge is 0.497 e. The highest BCUT2D eigenvalue weighted by Gasteiger charge is 2.19. The molecule has 2 rings (SSSR count). The van der Waals surface area contributed by atoms with Crippen molar-refractivity contribution in [2.45, 2.75) is 6.61 Å². The SMILES string of the molecule is COC(=O)c1ccc(OCc2cccc(OC)c2)c([N+](=O)[O-])c1. The van der Waals surface area contributed by atoms with Gasteiger partial charge in [-0.1, -0.05) is 12.1 Å². The molecule has 0 saturated heterocycles. The molecule has 0 spiro atoms. The zero-order valence-corrected chi connectivity index (χ0v) is 12.6. The van der Waals surface area contributed by atoms with Gasteiger partial charge in [0.1, 0.15) is 12.4 Å². The summed E-state index contributed by atoms with van der Waals surface area (Å²) in [5, 5.41) is 11.2. The Morgan fingerprint density at radius 2 is 1.96 bits per heavy atom. The standard InChI is InChI=1S/C16H15NO6/c1-21-13-5-3-4-11(8-13)10-23-15-7-6-12(16(18)22-2)9-14(15)17(19)20/h3-9H,10H2,1-2H3. The lowest BCUT2D eigenvalue weighted by atomic mass is 10.2. The average Bonchev–Trinajstić information content (AvgIpc) is 2.59. The van der Waals surface area contributed by atoms with E-state index in [0.717, 1.165) is 11.6 Å². The maximum absolute atomic E-state index is 11.4. The second-order valence-corrected chi connectivity index (χ2v) is 4.57. The van der Waals surface area contributed by atoms with Crippen LogP contribution in [0.1, 0.15) is 15.9 Å². The van der Waals surface area contributed by atoms with E-state index >= 15 is 0 Å². The molecule has 0 aliphatic carbocycles. The summed E-state index contributed by atoms with van der Waals surface area (Å²) in [7, 11) is 2.76. The summed E-state index contributed by atoms with van der Waals surface area (Å²) in [6.07, 6.45) is 0. The molecular formula is C16H15NO6. The molecule has 0 fully saturated rings. The summed E-state index contributed by atoms with van der Waals surface area (Å²) in [5.74, 6) is 0.0968. The Kier molecular flexibility index (Phi) is 5.14. The van der Waals surface area contributed by atoms with E-state index < -0.39 is 10.9 Å². The highest BCUT2D eigenvalue weighted by Crippen LogP contribution is 2.29. The van der Waals surface area contributed by atoms with Crippen LogP contribution in [0.2, 0.25) is 0 Å². The molecule has 0 heterocycles. The molecule has 120 valence electrons. The van der Waals surface area contributed by atoms with Crippen molar-refractivity contribution in [3.8, 4) is 11.5 Å². The van der Waals surface area contributed by atoms with Gasteiger partial charge in [0.2, 0.25) is 0 Å². The first-order valence-electron chi connectivity index (χ1n) is 6.67. The number of nitro benzene ring substituents is 1. The third-order valence-corrected chi connectivity index (χ3v) is 3.11. The number of carbonyl (C=O) groups is 1. The lowest BCUT2D eigenvalue weighted by molar-refractivity contribution is -0.386. The van der Waals surface area contributed by atoms with Gasteiger partial charge in [0.05, 0.1) is 24.7 Å². The van der Waals surface area contributed by atoms with Gasteiger partial charge in [-0.2, -0.15) is 0 Å². The van der Waals surface area contributed by atoms with Gasteiger partial charge in [-0.15, -0.1) is 0 Å². The van der Waals surface area contributed by atoms with Crippen LogP contribution in [0.25, 0.3) is 0 Å². The lowest BCUT2D eigenvalue weighted by Gasteiger charge is -2.09. The van der Waals surface area contributed by atoms with E-state index in [1.807, 2.05) is 6.07 Å². The van der Waals surface area contributed by atoms with Crippen LogP contribution in [0, 0.1) is 10.1 Å². The molecule has 0 aromatic heterocycles.